The van der Waals surface area contributed by atoms with Crippen molar-refractivity contribution >= 4 is 38.4 Å². The van der Waals surface area contributed by atoms with Crippen LogP contribution in [0.5, 0.6) is 0 Å². The molecule has 2 heterocycles. The third-order valence-corrected chi connectivity index (χ3v) is 6.28. The third-order valence-electron chi connectivity index (χ3n) is 5.05. The molecule has 0 aromatic heterocycles. The lowest BCUT2D eigenvalue weighted by atomic mass is 10.1. The van der Waals surface area contributed by atoms with Crippen molar-refractivity contribution in [3.8, 4) is 16.9 Å². The molecule has 0 aliphatic carbocycles. The second kappa shape index (κ2) is 7.38. The summed E-state index contributed by atoms with van der Waals surface area (Å²) in [6.45, 7) is 0.522. The first-order valence-corrected chi connectivity index (χ1v) is 10.4. The van der Waals surface area contributed by atoms with Gasteiger partial charge in [-0.1, -0.05) is 48.0 Å². The predicted molar refractivity (Wildman–Crippen MR) is 120 cm³/mol. The Hall–Kier alpha value is -2.96. The topological polar surface area (TPSA) is 39.8 Å². The maximum atomic E-state index is 14.3. The van der Waals surface area contributed by atoms with E-state index in [1.165, 1.54) is 6.07 Å². The summed E-state index contributed by atoms with van der Waals surface area (Å²) in [7, 11) is 0. The minimum Gasteiger partial charge on any atom is -0.342 e. The summed E-state index contributed by atoms with van der Waals surface area (Å²) in [5.41, 5.74) is 2.66. The normalized spacial score (nSPS) is 11.4. The van der Waals surface area contributed by atoms with Crippen LogP contribution in [0.25, 0.3) is 27.8 Å². The second-order valence-electron chi connectivity index (χ2n) is 6.95. The number of nitrogens with zero attached hydrogens (tertiary/aromatic N) is 3. The van der Waals surface area contributed by atoms with Crippen molar-refractivity contribution in [1.82, 2.24) is 14.3 Å². The highest BCUT2D eigenvalue weighted by Gasteiger charge is 2.22. The number of benzene rings is 3. The van der Waals surface area contributed by atoms with E-state index in [9.17, 15) is 9.18 Å². The largest absolute Gasteiger partial charge is 0.342 e. The number of pyridine rings is 1. The quantitative estimate of drug-likeness (QED) is 0.321. The van der Waals surface area contributed by atoms with Crippen molar-refractivity contribution in [2.24, 2.45) is 0 Å². The van der Waals surface area contributed by atoms with Gasteiger partial charge in [-0.15, -0.1) is 0 Å². The van der Waals surface area contributed by atoms with E-state index in [0.29, 0.717) is 22.8 Å². The summed E-state index contributed by atoms with van der Waals surface area (Å²) in [6, 6.07) is 19.6. The number of hydrogen-bond acceptors (Lipinski definition) is 2. The van der Waals surface area contributed by atoms with Crippen LogP contribution in [0.4, 0.5) is 4.39 Å². The molecule has 0 N–H and O–H groups in total. The summed E-state index contributed by atoms with van der Waals surface area (Å²) in [6.07, 6.45) is 1.78. The lowest BCUT2D eigenvalue weighted by Crippen LogP contribution is -2.16. The Labute approximate surface area is 184 Å². The van der Waals surface area contributed by atoms with Gasteiger partial charge in [0.15, 0.2) is 0 Å². The predicted octanol–water partition coefficient (Wildman–Crippen LogP) is 5.90. The van der Waals surface area contributed by atoms with E-state index in [4.69, 9.17) is 11.6 Å². The number of para-hydroxylation sites is 2. The van der Waals surface area contributed by atoms with Gasteiger partial charge >= 0.3 is 0 Å². The van der Waals surface area contributed by atoms with Crippen LogP contribution in [0, 0.1) is 5.82 Å². The molecular formula is C23H14BrClFN3O. The number of fused-ring (bicyclic) bond motifs is 3. The van der Waals surface area contributed by atoms with Gasteiger partial charge in [-0.25, -0.2) is 4.39 Å². The zero-order valence-electron chi connectivity index (χ0n) is 15.5. The fraction of sp³-hybridized carbons (Fsp3) is 0.0435. The van der Waals surface area contributed by atoms with Crippen molar-refractivity contribution < 1.29 is 4.39 Å². The summed E-state index contributed by atoms with van der Waals surface area (Å²) in [4.78, 5) is 13.1. The van der Waals surface area contributed by atoms with Gasteiger partial charge in [0.25, 0.3) is 5.56 Å². The Morgan fingerprint density at radius 3 is 2.60 bits per heavy atom. The van der Waals surface area contributed by atoms with Crippen molar-refractivity contribution in [1.29, 1.82) is 0 Å². The molecule has 4 nitrogen and oxygen atoms in total. The lowest BCUT2D eigenvalue weighted by molar-refractivity contribution is 0.609. The van der Waals surface area contributed by atoms with Gasteiger partial charge in [0, 0.05) is 22.6 Å². The van der Waals surface area contributed by atoms with Gasteiger partial charge in [0.1, 0.15) is 17.2 Å². The third kappa shape index (κ3) is 3.13. The molecule has 2 aliphatic heterocycles. The molecule has 0 unspecified atom stereocenters. The molecule has 0 saturated heterocycles. The first kappa shape index (κ1) is 19.0. The van der Waals surface area contributed by atoms with Gasteiger partial charge in [0.05, 0.1) is 16.1 Å². The summed E-state index contributed by atoms with van der Waals surface area (Å²) in [5, 5.41) is 5.91. The van der Waals surface area contributed by atoms with Crippen molar-refractivity contribution in [2.45, 2.75) is 6.54 Å². The molecular weight excluding hydrogens is 469 g/mol. The fourth-order valence-corrected chi connectivity index (χ4v) is 4.08. The molecule has 0 saturated carbocycles. The van der Waals surface area contributed by atoms with Crippen LogP contribution < -0.4 is 5.56 Å². The monoisotopic (exact) mass is 481 g/mol. The highest BCUT2D eigenvalue weighted by molar-refractivity contribution is 9.10. The fourth-order valence-electron chi connectivity index (χ4n) is 3.63. The van der Waals surface area contributed by atoms with Crippen LogP contribution in [0.1, 0.15) is 5.56 Å². The van der Waals surface area contributed by atoms with Gasteiger partial charge < -0.3 is 4.57 Å². The lowest BCUT2D eigenvalue weighted by Gasteiger charge is -2.14. The average molecular weight is 483 g/mol. The molecule has 0 fully saturated rings. The van der Waals surface area contributed by atoms with Crippen LogP contribution in [-0.2, 0) is 6.54 Å². The zero-order chi connectivity index (χ0) is 20.8. The van der Waals surface area contributed by atoms with Crippen LogP contribution in [0.2, 0.25) is 5.02 Å². The van der Waals surface area contributed by atoms with Gasteiger partial charge in [-0.05, 0) is 51.8 Å². The molecule has 5 rings (SSSR count). The minimum atomic E-state index is -0.496. The molecule has 30 heavy (non-hydrogen) atoms. The summed E-state index contributed by atoms with van der Waals surface area (Å²) >= 11 is 9.66. The molecule has 0 atom stereocenters. The molecule has 7 heteroatoms. The molecule has 0 spiro atoms. The van der Waals surface area contributed by atoms with Crippen LogP contribution >= 0.6 is 27.5 Å². The molecule has 3 aromatic rings. The number of halogens is 3. The molecule has 3 aromatic carbocycles. The molecule has 0 bridgehead atoms. The van der Waals surface area contributed by atoms with E-state index in [-0.39, 0.29) is 11.2 Å². The molecule has 2 aliphatic rings. The Balaban J connectivity index is 1.75. The van der Waals surface area contributed by atoms with Gasteiger partial charge in [0.2, 0.25) is 0 Å². The smallest absolute Gasteiger partial charge is 0.282 e. The first-order chi connectivity index (χ1) is 14.5. The van der Waals surface area contributed by atoms with Crippen molar-refractivity contribution in [3.63, 3.8) is 0 Å². The highest BCUT2D eigenvalue weighted by atomic mass is 79.9. The van der Waals surface area contributed by atoms with E-state index in [1.807, 2.05) is 47.0 Å². The van der Waals surface area contributed by atoms with Gasteiger partial charge in [-0.2, -0.15) is 9.78 Å². The Bertz CT molecular complexity index is 1440. The van der Waals surface area contributed by atoms with Crippen LogP contribution in [0.3, 0.4) is 0 Å². The SMILES string of the molecule is O=c1c2cn(Cc3ccc(Br)c(Cl)c3)c3ccccc3c-2nn1-c1ccccc1F. The molecule has 0 radical (unpaired) electrons. The minimum absolute atomic E-state index is 0.133. The van der Waals surface area contributed by atoms with E-state index in [2.05, 4.69) is 21.0 Å². The summed E-state index contributed by atoms with van der Waals surface area (Å²) < 4.78 is 18.3. The Morgan fingerprint density at radius 2 is 1.80 bits per heavy atom. The Kier molecular flexibility index (Phi) is 4.68. The van der Waals surface area contributed by atoms with Crippen LogP contribution in [-0.4, -0.2) is 14.3 Å². The molecule has 0 amide bonds. The van der Waals surface area contributed by atoms with E-state index >= 15 is 0 Å². The number of hydrogen-bond donors (Lipinski definition) is 0. The van der Waals surface area contributed by atoms with Gasteiger partial charge in [-0.3, -0.25) is 4.79 Å². The second-order valence-corrected chi connectivity index (χ2v) is 8.21. The van der Waals surface area contributed by atoms with E-state index in [1.54, 1.807) is 24.4 Å². The Morgan fingerprint density at radius 1 is 1.03 bits per heavy atom. The van der Waals surface area contributed by atoms with Crippen molar-refractivity contribution in [2.75, 3.05) is 0 Å². The number of rotatable bonds is 3. The van der Waals surface area contributed by atoms with E-state index < -0.39 is 5.82 Å². The maximum Gasteiger partial charge on any atom is 0.282 e. The highest BCUT2D eigenvalue weighted by Crippen LogP contribution is 2.30. The van der Waals surface area contributed by atoms with E-state index in [0.717, 1.165) is 25.6 Å². The first-order valence-electron chi connectivity index (χ1n) is 9.22. The molecule has 148 valence electrons. The standard InChI is InChI=1S/C23H14BrClFN3O/c24-17-10-9-14(11-18(17)25)12-28-13-16-22(15-5-1-3-7-20(15)28)27-29(23(16)30)21-8-4-2-6-19(21)26/h1-11,13H,12H2. The number of aromatic nitrogens is 3. The maximum absolute atomic E-state index is 14.3. The zero-order valence-corrected chi connectivity index (χ0v) is 17.9. The summed E-state index contributed by atoms with van der Waals surface area (Å²) in [5.74, 6) is -0.496. The van der Waals surface area contributed by atoms with Crippen LogP contribution in [0.15, 0.2) is 82.2 Å². The van der Waals surface area contributed by atoms with Crippen molar-refractivity contribution in [3.05, 3.63) is 104 Å². The average Bonchev–Trinajstić information content (AvgIpc) is 3.08.